The first-order chi connectivity index (χ1) is 12.7. The van der Waals surface area contributed by atoms with E-state index in [2.05, 4.69) is 30.4 Å². The number of hydrogen-bond donors (Lipinski definition) is 2. The number of fused-ring (bicyclic) bond motifs is 2. The van der Waals surface area contributed by atoms with Gasteiger partial charge in [0.25, 0.3) is 0 Å². The summed E-state index contributed by atoms with van der Waals surface area (Å²) in [7, 11) is 1.65. The lowest BCUT2D eigenvalue weighted by molar-refractivity contribution is 0.174. The summed E-state index contributed by atoms with van der Waals surface area (Å²) in [6.07, 6.45) is 5.18. The van der Waals surface area contributed by atoms with Gasteiger partial charge in [-0.2, -0.15) is 0 Å². The number of methoxy groups -OCH3 is 1. The van der Waals surface area contributed by atoms with Crippen molar-refractivity contribution in [3.8, 4) is 17.2 Å². The summed E-state index contributed by atoms with van der Waals surface area (Å²) < 4.78 is 16.4. The maximum absolute atomic E-state index is 9.59. The number of nitrogens with one attached hydrogen (secondary N) is 1. The zero-order valence-electron chi connectivity index (χ0n) is 15.0. The molecule has 2 aromatic carbocycles. The number of aliphatic hydroxyl groups is 1. The van der Waals surface area contributed by atoms with E-state index in [9.17, 15) is 5.11 Å². The van der Waals surface area contributed by atoms with Crippen LogP contribution in [0.1, 0.15) is 33.9 Å². The largest absolute Gasteiger partial charge is 0.496 e. The van der Waals surface area contributed by atoms with Gasteiger partial charge in [0.2, 0.25) is 6.79 Å². The Labute approximate surface area is 153 Å². The van der Waals surface area contributed by atoms with E-state index in [4.69, 9.17) is 14.2 Å². The summed E-state index contributed by atoms with van der Waals surface area (Å²) in [5.74, 6) is 2.20. The number of ether oxygens (including phenoxy) is 3. The molecule has 2 aliphatic rings. The van der Waals surface area contributed by atoms with Gasteiger partial charge in [0, 0.05) is 18.2 Å². The minimum atomic E-state index is 0.0610. The molecule has 0 aliphatic carbocycles. The van der Waals surface area contributed by atoms with E-state index in [1.54, 1.807) is 7.11 Å². The molecule has 0 saturated heterocycles. The quantitative estimate of drug-likeness (QED) is 0.884. The zero-order valence-corrected chi connectivity index (χ0v) is 15.0. The second kappa shape index (κ2) is 7.02. The van der Waals surface area contributed by atoms with Crippen LogP contribution in [0.4, 0.5) is 0 Å². The van der Waals surface area contributed by atoms with Crippen LogP contribution in [0, 0.1) is 6.92 Å². The molecule has 0 aromatic heterocycles. The normalized spacial score (nSPS) is 18.2. The first-order valence-electron chi connectivity index (χ1n) is 8.82. The molecule has 2 aromatic rings. The van der Waals surface area contributed by atoms with Gasteiger partial charge in [0.05, 0.1) is 19.8 Å². The van der Waals surface area contributed by atoms with Crippen molar-refractivity contribution in [2.24, 2.45) is 0 Å². The van der Waals surface area contributed by atoms with Crippen molar-refractivity contribution in [2.75, 3.05) is 20.4 Å². The van der Waals surface area contributed by atoms with Crippen LogP contribution in [0.15, 0.2) is 30.3 Å². The van der Waals surface area contributed by atoms with Crippen molar-refractivity contribution in [3.63, 3.8) is 0 Å². The Morgan fingerprint density at radius 3 is 2.81 bits per heavy atom. The fourth-order valence-corrected chi connectivity index (χ4v) is 3.60. The van der Waals surface area contributed by atoms with Crippen molar-refractivity contribution in [2.45, 2.75) is 26.0 Å². The Morgan fingerprint density at radius 1 is 1.23 bits per heavy atom. The van der Waals surface area contributed by atoms with Gasteiger partial charge in [0.15, 0.2) is 11.5 Å². The summed E-state index contributed by atoms with van der Waals surface area (Å²) in [5.41, 5.74) is 5.63. The lowest BCUT2D eigenvalue weighted by atomic mass is 9.90. The third kappa shape index (κ3) is 3.04. The molecule has 26 heavy (non-hydrogen) atoms. The van der Waals surface area contributed by atoms with E-state index in [1.807, 2.05) is 18.2 Å². The summed E-state index contributed by atoms with van der Waals surface area (Å²) in [4.78, 5) is 0. The number of rotatable bonds is 4. The Bertz CT molecular complexity index is 860. The van der Waals surface area contributed by atoms with E-state index >= 15 is 0 Å². The fraction of sp³-hybridized carbons (Fsp3) is 0.333. The average Bonchev–Trinajstić information content (AvgIpc) is 3.12. The fourth-order valence-electron chi connectivity index (χ4n) is 3.60. The van der Waals surface area contributed by atoms with Gasteiger partial charge in [-0.3, -0.25) is 0 Å². The monoisotopic (exact) mass is 353 g/mol. The van der Waals surface area contributed by atoms with Crippen LogP contribution < -0.4 is 19.5 Å². The van der Waals surface area contributed by atoms with Crippen molar-refractivity contribution in [1.82, 2.24) is 5.32 Å². The van der Waals surface area contributed by atoms with Crippen molar-refractivity contribution >= 4 is 6.08 Å². The Hall–Kier alpha value is -2.50. The Balaban J connectivity index is 1.67. The second-order valence-electron chi connectivity index (χ2n) is 6.62. The first-order valence-corrected chi connectivity index (χ1v) is 8.82. The molecule has 136 valence electrons. The average molecular weight is 353 g/mol. The van der Waals surface area contributed by atoms with Crippen molar-refractivity contribution in [3.05, 3.63) is 58.2 Å². The van der Waals surface area contributed by atoms with Crippen molar-refractivity contribution < 1.29 is 19.3 Å². The van der Waals surface area contributed by atoms with Crippen LogP contribution in [0.5, 0.6) is 17.2 Å². The van der Waals surface area contributed by atoms with E-state index in [1.165, 1.54) is 11.1 Å². The molecule has 5 nitrogen and oxygen atoms in total. The van der Waals surface area contributed by atoms with E-state index in [0.717, 1.165) is 41.2 Å². The molecule has 2 N–H and O–H groups in total. The highest BCUT2D eigenvalue weighted by Crippen LogP contribution is 2.39. The molecule has 4 rings (SSSR count). The Kier molecular flexibility index (Phi) is 4.57. The summed E-state index contributed by atoms with van der Waals surface area (Å²) in [5, 5.41) is 13.1. The molecule has 0 fully saturated rings. The number of aryl methyl sites for hydroxylation is 1. The second-order valence-corrected chi connectivity index (χ2v) is 6.62. The SMILES string of the molecule is COc1cc2c(cc1/C=C/C1NCCc3cc(C)c(CO)cc31)OCO2. The molecular formula is C21H23NO4. The van der Waals surface area contributed by atoms with Gasteiger partial charge >= 0.3 is 0 Å². The van der Waals surface area contributed by atoms with Gasteiger partial charge in [-0.25, -0.2) is 0 Å². The van der Waals surface area contributed by atoms with Crippen LogP contribution in [-0.4, -0.2) is 25.6 Å². The highest BCUT2D eigenvalue weighted by atomic mass is 16.7. The third-order valence-electron chi connectivity index (χ3n) is 5.05. The van der Waals surface area contributed by atoms with Crippen LogP contribution in [0.2, 0.25) is 0 Å². The molecule has 1 unspecified atom stereocenters. The lowest BCUT2D eigenvalue weighted by Crippen LogP contribution is -2.28. The molecular weight excluding hydrogens is 330 g/mol. The molecule has 2 aliphatic heterocycles. The molecule has 5 heteroatoms. The lowest BCUT2D eigenvalue weighted by Gasteiger charge is -2.26. The minimum absolute atomic E-state index is 0.0610. The maximum Gasteiger partial charge on any atom is 0.231 e. The summed E-state index contributed by atoms with van der Waals surface area (Å²) in [6.45, 7) is 3.28. The molecule has 1 atom stereocenters. The first kappa shape index (κ1) is 16.9. The third-order valence-corrected chi connectivity index (χ3v) is 5.05. The predicted molar refractivity (Wildman–Crippen MR) is 99.7 cm³/mol. The highest BCUT2D eigenvalue weighted by molar-refractivity contribution is 5.64. The van der Waals surface area contributed by atoms with Gasteiger partial charge in [-0.05, 0) is 41.7 Å². The van der Waals surface area contributed by atoms with Gasteiger partial charge in [-0.15, -0.1) is 0 Å². The molecule has 2 heterocycles. The predicted octanol–water partition coefficient (Wildman–Crippen LogP) is 3.12. The number of benzene rings is 2. The minimum Gasteiger partial charge on any atom is -0.496 e. The molecule has 0 saturated carbocycles. The maximum atomic E-state index is 9.59. The molecule has 0 spiro atoms. The van der Waals surface area contributed by atoms with Crippen LogP contribution in [0.3, 0.4) is 0 Å². The topological polar surface area (TPSA) is 60.0 Å². The number of aliphatic hydroxyl groups excluding tert-OH is 1. The van der Waals surface area contributed by atoms with Crippen molar-refractivity contribution in [1.29, 1.82) is 0 Å². The molecule has 0 radical (unpaired) electrons. The van der Waals surface area contributed by atoms with Gasteiger partial charge in [0.1, 0.15) is 5.75 Å². The van der Waals surface area contributed by atoms with E-state index in [-0.39, 0.29) is 19.4 Å². The van der Waals surface area contributed by atoms with E-state index < -0.39 is 0 Å². The summed E-state index contributed by atoms with van der Waals surface area (Å²) >= 11 is 0. The van der Waals surface area contributed by atoms with Crippen LogP contribution in [0.25, 0.3) is 6.08 Å². The van der Waals surface area contributed by atoms with Crippen LogP contribution >= 0.6 is 0 Å². The van der Waals surface area contributed by atoms with Gasteiger partial charge < -0.3 is 24.6 Å². The highest BCUT2D eigenvalue weighted by Gasteiger charge is 2.20. The molecule has 0 amide bonds. The van der Waals surface area contributed by atoms with Gasteiger partial charge in [-0.1, -0.05) is 24.3 Å². The zero-order chi connectivity index (χ0) is 18.1. The summed E-state index contributed by atoms with van der Waals surface area (Å²) in [6, 6.07) is 8.21. The standard InChI is InChI=1S/C21H23NO4/c1-13-7-14-5-6-22-18(17(14)8-16(13)11-23)4-3-15-9-20-21(26-12-25-20)10-19(15)24-2/h3-4,7-10,18,22-23H,5-6,11-12H2,1-2H3/b4-3+. The molecule has 0 bridgehead atoms. The number of hydrogen-bond acceptors (Lipinski definition) is 5. The Morgan fingerprint density at radius 2 is 2.04 bits per heavy atom. The van der Waals surface area contributed by atoms with Crippen LogP contribution in [-0.2, 0) is 13.0 Å². The van der Waals surface area contributed by atoms with E-state index in [0.29, 0.717) is 5.75 Å². The smallest absolute Gasteiger partial charge is 0.231 e.